The monoisotopic (exact) mass is 1010 g/mol. The number of allylic oxidation sites excluding steroid dienone is 4. The van der Waals surface area contributed by atoms with E-state index in [2.05, 4.69) is 38.2 Å². The van der Waals surface area contributed by atoms with Crippen LogP contribution in [0.4, 0.5) is 0 Å². The number of aliphatic hydroxyl groups excluding tert-OH is 3. The van der Waals surface area contributed by atoms with Gasteiger partial charge in [-0.15, -0.1) is 0 Å². The van der Waals surface area contributed by atoms with Crippen LogP contribution in [0.3, 0.4) is 0 Å². The van der Waals surface area contributed by atoms with Crippen LogP contribution in [-0.2, 0) is 38.7 Å². The van der Waals surface area contributed by atoms with Crippen LogP contribution >= 0.6 is 0 Å². The quantitative estimate of drug-likeness (QED) is 0.0196. The minimum Gasteiger partial charge on any atom is -0.462 e. The molecule has 4 N–H and O–H groups in total. The summed E-state index contributed by atoms with van der Waals surface area (Å²) >= 11 is 0. The van der Waals surface area contributed by atoms with Gasteiger partial charge < -0.3 is 34.3 Å². The second kappa shape index (κ2) is 46.9. The van der Waals surface area contributed by atoms with Gasteiger partial charge in [-0.1, -0.05) is 224 Å². The van der Waals surface area contributed by atoms with Gasteiger partial charge >= 0.3 is 11.9 Å². The van der Waals surface area contributed by atoms with Crippen molar-refractivity contribution in [2.45, 2.75) is 307 Å². The number of hydrogen-bond donors (Lipinski definition) is 4. The number of carbonyl (C=O) groups excluding carboxylic acids is 2. The molecule has 6 atom stereocenters. The first kappa shape index (κ1) is 66.1. The molecule has 1 rings (SSSR count). The molecule has 13 heteroatoms. The van der Waals surface area contributed by atoms with Crippen LogP contribution in [0.1, 0.15) is 271 Å². The average Bonchev–Trinajstić information content (AvgIpc) is 3.33. The van der Waals surface area contributed by atoms with E-state index in [4.69, 9.17) is 18.9 Å². The third kappa shape index (κ3) is 40.6. The molecule has 1 aliphatic heterocycles. The lowest BCUT2D eigenvalue weighted by Crippen LogP contribution is -2.60. The van der Waals surface area contributed by atoms with Gasteiger partial charge in [0, 0.05) is 12.8 Å². The van der Waals surface area contributed by atoms with Crippen molar-refractivity contribution in [1.82, 2.24) is 0 Å². The minimum absolute atomic E-state index is 0.159. The zero-order chi connectivity index (χ0) is 51.2. The normalized spacial score (nSPS) is 19.1. The van der Waals surface area contributed by atoms with Crippen molar-refractivity contribution in [3.63, 3.8) is 0 Å². The average molecular weight is 1020 g/mol. The van der Waals surface area contributed by atoms with E-state index in [-0.39, 0.29) is 19.4 Å². The van der Waals surface area contributed by atoms with Crippen molar-refractivity contribution >= 4 is 22.1 Å². The first-order valence-corrected chi connectivity index (χ1v) is 30.5. The van der Waals surface area contributed by atoms with Crippen LogP contribution in [0, 0.1) is 0 Å². The zero-order valence-electron chi connectivity index (χ0n) is 44.6. The number of unbranched alkanes of at least 4 members (excludes halogenated alkanes) is 34. The Hall–Kier alpha value is -1.87. The maximum absolute atomic E-state index is 12.9. The molecule has 0 amide bonds. The molecule has 1 aliphatic rings. The summed E-state index contributed by atoms with van der Waals surface area (Å²) in [5, 5.41) is 31.0. The first-order valence-electron chi connectivity index (χ1n) is 28.9. The summed E-state index contributed by atoms with van der Waals surface area (Å²) in [5.74, 6) is -2.01. The molecule has 0 aromatic carbocycles. The van der Waals surface area contributed by atoms with Gasteiger partial charge in [0.2, 0.25) is 0 Å². The summed E-state index contributed by atoms with van der Waals surface area (Å²) < 4.78 is 54.3. The van der Waals surface area contributed by atoms with Gasteiger partial charge in [-0.05, 0) is 57.8 Å². The molecule has 1 heterocycles. The Labute approximate surface area is 428 Å². The maximum atomic E-state index is 12.9. The zero-order valence-corrected chi connectivity index (χ0v) is 45.5. The summed E-state index contributed by atoms with van der Waals surface area (Å²) in [6, 6.07) is 0. The molecule has 0 aromatic rings. The molecule has 0 saturated carbocycles. The Morgan fingerprint density at radius 3 is 1.23 bits per heavy atom. The Kier molecular flexibility index (Phi) is 44.3. The van der Waals surface area contributed by atoms with E-state index < -0.39 is 71.2 Å². The minimum atomic E-state index is -4.61. The van der Waals surface area contributed by atoms with Crippen LogP contribution in [-0.4, -0.2) is 96.0 Å². The fourth-order valence-electron chi connectivity index (χ4n) is 9.03. The van der Waals surface area contributed by atoms with Crippen molar-refractivity contribution in [2.24, 2.45) is 0 Å². The predicted molar refractivity (Wildman–Crippen MR) is 284 cm³/mol. The van der Waals surface area contributed by atoms with Crippen molar-refractivity contribution in [3.8, 4) is 0 Å². The van der Waals surface area contributed by atoms with Crippen LogP contribution in [0.15, 0.2) is 24.3 Å². The molecule has 12 nitrogen and oxygen atoms in total. The Morgan fingerprint density at radius 1 is 0.471 bits per heavy atom. The molecule has 412 valence electrons. The summed E-state index contributed by atoms with van der Waals surface area (Å²) in [6.07, 6.45) is 46.6. The molecule has 0 aromatic heterocycles. The van der Waals surface area contributed by atoms with Crippen molar-refractivity contribution < 1.29 is 56.8 Å². The van der Waals surface area contributed by atoms with Gasteiger partial charge in [0.25, 0.3) is 10.1 Å². The second-order valence-electron chi connectivity index (χ2n) is 20.3. The van der Waals surface area contributed by atoms with E-state index in [1.165, 1.54) is 199 Å². The van der Waals surface area contributed by atoms with Gasteiger partial charge in [0.1, 0.15) is 36.8 Å². The Morgan fingerprint density at radius 2 is 0.829 bits per heavy atom. The van der Waals surface area contributed by atoms with Gasteiger partial charge in [-0.2, -0.15) is 8.42 Å². The molecule has 0 spiro atoms. The second-order valence-corrected chi connectivity index (χ2v) is 21.8. The number of ether oxygens (including phenoxy) is 4. The van der Waals surface area contributed by atoms with E-state index >= 15 is 0 Å². The van der Waals surface area contributed by atoms with Crippen LogP contribution < -0.4 is 0 Å². The summed E-state index contributed by atoms with van der Waals surface area (Å²) in [5.41, 5.74) is 0. The van der Waals surface area contributed by atoms with Crippen LogP contribution in [0.25, 0.3) is 0 Å². The number of aliphatic hydroxyl groups is 3. The van der Waals surface area contributed by atoms with E-state index in [0.717, 1.165) is 32.1 Å². The topological polar surface area (TPSA) is 186 Å². The van der Waals surface area contributed by atoms with Crippen LogP contribution in [0.2, 0.25) is 0 Å². The molecular formula is C57H106O12S. The number of hydrogen-bond acceptors (Lipinski definition) is 11. The highest BCUT2D eigenvalue weighted by Gasteiger charge is 2.46. The Bertz CT molecular complexity index is 1370. The molecule has 0 radical (unpaired) electrons. The molecular weight excluding hydrogens is 909 g/mol. The number of esters is 2. The standard InChI is InChI=1S/C57H106O12S/c1-3-5-7-9-11-13-15-17-19-21-23-24-25-26-28-29-31-33-35-37-39-41-43-45-52(58)66-47-50(48-67-57-56(62)55(61)54(60)51(69-57)49-70(63,64)65)68-53(59)46-44-42-40-38-36-34-32-30-27-22-20-18-16-14-12-10-8-6-4-2/h18,20,37,39,50-51,54-57,60-62H,3-17,19,21-36,38,40-49H2,1-2H3,(H,63,64,65)/b20-18+,39-37+/t50-,51-,54-,55?,56?,57+/m1/s1. The lowest BCUT2D eigenvalue weighted by molar-refractivity contribution is -0.297. The van der Waals surface area contributed by atoms with Gasteiger partial charge in [0.05, 0.1) is 6.61 Å². The molecule has 70 heavy (non-hydrogen) atoms. The predicted octanol–water partition coefficient (Wildman–Crippen LogP) is 13.9. The van der Waals surface area contributed by atoms with Crippen LogP contribution in [0.5, 0.6) is 0 Å². The van der Waals surface area contributed by atoms with Gasteiger partial charge in [0.15, 0.2) is 12.4 Å². The highest BCUT2D eigenvalue weighted by molar-refractivity contribution is 7.85. The highest BCUT2D eigenvalue weighted by Crippen LogP contribution is 2.24. The fourth-order valence-corrected chi connectivity index (χ4v) is 9.72. The summed E-state index contributed by atoms with van der Waals surface area (Å²) in [4.78, 5) is 25.6. The fraction of sp³-hybridized carbons (Fsp3) is 0.895. The largest absolute Gasteiger partial charge is 0.462 e. The SMILES string of the molecule is CCCCCCCC/C=C/CCCCCCCCCCCC(=O)O[C@H](COC(=O)CCC/C=C/CCCCCCCCCCCCCCCCCCCC)CO[C@H]1O[C@H](CS(=O)(=O)O)[C@@H](O)C(O)C1O. The Balaban J connectivity index is 2.31. The van der Waals surface area contributed by atoms with E-state index in [0.29, 0.717) is 12.8 Å². The maximum Gasteiger partial charge on any atom is 0.306 e. The molecule has 1 fully saturated rings. The number of carbonyl (C=O) groups is 2. The van der Waals surface area contributed by atoms with Gasteiger partial charge in [-0.25, -0.2) is 0 Å². The smallest absolute Gasteiger partial charge is 0.306 e. The summed E-state index contributed by atoms with van der Waals surface area (Å²) in [7, 11) is -4.61. The summed E-state index contributed by atoms with van der Waals surface area (Å²) in [6.45, 7) is 3.79. The third-order valence-corrected chi connectivity index (χ3v) is 14.3. The molecule has 0 bridgehead atoms. The molecule has 0 aliphatic carbocycles. The van der Waals surface area contributed by atoms with E-state index in [1.807, 2.05) is 0 Å². The van der Waals surface area contributed by atoms with Gasteiger partial charge in [-0.3, -0.25) is 14.1 Å². The van der Waals surface area contributed by atoms with E-state index in [9.17, 15) is 37.9 Å². The van der Waals surface area contributed by atoms with Crippen molar-refractivity contribution in [1.29, 1.82) is 0 Å². The lowest BCUT2D eigenvalue weighted by atomic mass is 10.00. The van der Waals surface area contributed by atoms with E-state index in [1.54, 1.807) is 0 Å². The first-order chi connectivity index (χ1) is 34.0. The third-order valence-electron chi connectivity index (χ3n) is 13.5. The highest BCUT2D eigenvalue weighted by atomic mass is 32.2. The molecule has 1 saturated heterocycles. The van der Waals surface area contributed by atoms with Crippen molar-refractivity contribution in [3.05, 3.63) is 24.3 Å². The van der Waals surface area contributed by atoms with Crippen molar-refractivity contribution in [2.75, 3.05) is 19.0 Å². The molecule has 2 unspecified atom stereocenters. The lowest BCUT2D eigenvalue weighted by Gasteiger charge is -2.40. The number of rotatable bonds is 50.